The Balaban J connectivity index is 1.74. The fourth-order valence-corrected chi connectivity index (χ4v) is 2.28. The van der Waals surface area contributed by atoms with Gasteiger partial charge in [0.05, 0.1) is 5.56 Å². The Morgan fingerprint density at radius 3 is 2.44 bits per heavy atom. The molecule has 0 unspecified atom stereocenters. The summed E-state index contributed by atoms with van der Waals surface area (Å²) in [5.74, 6) is 0.0598. The largest absolute Gasteiger partial charge is 0.507 e. The molecule has 4 nitrogen and oxygen atoms in total. The second-order valence-corrected chi connectivity index (χ2v) is 5.66. The number of H-pyrrole nitrogens is 1. The zero-order valence-electron chi connectivity index (χ0n) is 12.6. The van der Waals surface area contributed by atoms with E-state index in [-0.39, 0.29) is 23.7 Å². The Hall–Kier alpha value is -2.67. The number of ether oxygens (including phenoxy) is 1. The molecule has 2 N–H and O–H groups in total. The summed E-state index contributed by atoms with van der Waals surface area (Å²) in [6.07, 6.45) is -3.80. The summed E-state index contributed by atoms with van der Waals surface area (Å²) >= 11 is 5.80. The van der Waals surface area contributed by atoms with Gasteiger partial charge in [0.25, 0.3) is 0 Å². The van der Waals surface area contributed by atoms with Crippen molar-refractivity contribution < 1.29 is 23.0 Å². The van der Waals surface area contributed by atoms with E-state index >= 15 is 0 Å². The highest BCUT2D eigenvalue weighted by Crippen LogP contribution is 2.34. The average molecular weight is 369 g/mol. The van der Waals surface area contributed by atoms with Gasteiger partial charge in [-0.3, -0.25) is 0 Å². The van der Waals surface area contributed by atoms with E-state index < -0.39 is 11.9 Å². The minimum Gasteiger partial charge on any atom is -0.507 e. The summed E-state index contributed by atoms with van der Waals surface area (Å²) in [7, 11) is 0. The molecule has 0 aliphatic carbocycles. The number of alkyl halides is 3. The Morgan fingerprint density at radius 1 is 1.12 bits per heavy atom. The van der Waals surface area contributed by atoms with Crippen molar-refractivity contribution in [2.45, 2.75) is 12.8 Å². The summed E-state index contributed by atoms with van der Waals surface area (Å²) in [6, 6.07) is 11.4. The van der Waals surface area contributed by atoms with Crippen LogP contribution < -0.4 is 4.74 Å². The third kappa shape index (κ3) is 4.06. The molecular weight excluding hydrogens is 357 g/mol. The average Bonchev–Trinajstić information content (AvgIpc) is 3.04. The van der Waals surface area contributed by atoms with Crippen LogP contribution in [0.1, 0.15) is 11.3 Å². The topological polar surface area (TPSA) is 58.1 Å². The fraction of sp³-hybridized carbons (Fsp3) is 0.118. The molecule has 3 aromatic rings. The molecule has 0 radical (unpaired) electrons. The Labute approximate surface area is 145 Å². The standard InChI is InChI=1S/C17H12ClF3N2O2/c18-11-3-1-10(2-4-11)9-25-12-5-6-13(14(24)7-12)16-22-8-15(23-16)17(19,20)21/h1-8,24H,9H2,(H,22,23). The van der Waals surface area contributed by atoms with Crippen molar-refractivity contribution in [3.05, 3.63) is 64.9 Å². The molecule has 0 aliphatic heterocycles. The van der Waals surface area contributed by atoms with Crippen molar-refractivity contribution in [1.82, 2.24) is 9.97 Å². The number of aromatic nitrogens is 2. The normalized spacial score (nSPS) is 11.5. The molecule has 130 valence electrons. The molecule has 0 bridgehead atoms. The lowest BCUT2D eigenvalue weighted by Crippen LogP contribution is -2.04. The van der Waals surface area contributed by atoms with Gasteiger partial charge in [-0.2, -0.15) is 13.2 Å². The maximum atomic E-state index is 12.6. The molecule has 0 atom stereocenters. The van der Waals surface area contributed by atoms with Crippen molar-refractivity contribution >= 4 is 11.6 Å². The van der Waals surface area contributed by atoms with E-state index in [1.807, 2.05) is 0 Å². The van der Waals surface area contributed by atoms with Crippen molar-refractivity contribution in [2.24, 2.45) is 0 Å². The lowest BCUT2D eigenvalue weighted by Gasteiger charge is -2.08. The predicted molar refractivity (Wildman–Crippen MR) is 86.5 cm³/mol. The molecule has 1 heterocycles. The molecule has 0 fully saturated rings. The number of rotatable bonds is 4. The van der Waals surface area contributed by atoms with Crippen LogP contribution in [-0.4, -0.2) is 15.1 Å². The maximum Gasteiger partial charge on any atom is 0.434 e. The Bertz CT molecular complexity index is 876. The van der Waals surface area contributed by atoms with Crippen molar-refractivity contribution in [2.75, 3.05) is 0 Å². The van der Waals surface area contributed by atoms with E-state index in [2.05, 4.69) is 9.97 Å². The highest BCUT2D eigenvalue weighted by atomic mass is 35.5. The van der Waals surface area contributed by atoms with Crippen LogP contribution in [0.2, 0.25) is 5.02 Å². The number of benzene rings is 2. The lowest BCUT2D eigenvalue weighted by molar-refractivity contribution is -0.140. The molecule has 8 heteroatoms. The quantitative estimate of drug-likeness (QED) is 0.678. The summed E-state index contributed by atoms with van der Waals surface area (Å²) in [4.78, 5) is 5.86. The van der Waals surface area contributed by atoms with Gasteiger partial charge in [-0.1, -0.05) is 23.7 Å². The fourth-order valence-electron chi connectivity index (χ4n) is 2.15. The van der Waals surface area contributed by atoms with Gasteiger partial charge in [0.1, 0.15) is 23.9 Å². The van der Waals surface area contributed by atoms with Crippen LogP contribution in [0.25, 0.3) is 11.4 Å². The second-order valence-electron chi connectivity index (χ2n) is 5.23. The van der Waals surface area contributed by atoms with Crippen molar-refractivity contribution in [3.63, 3.8) is 0 Å². The van der Waals surface area contributed by atoms with Crippen molar-refractivity contribution in [3.8, 4) is 22.9 Å². The van der Waals surface area contributed by atoms with E-state index in [1.54, 1.807) is 30.3 Å². The molecule has 1 aromatic heterocycles. The number of hydrogen-bond acceptors (Lipinski definition) is 3. The number of nitrogens with zero attached hydrogens (tertiary/aromatic N) is 1. The zero-order chi connectivity index (χ0) is 18.0. The first kappa shape index (κ1) is 17.2. The molecule has 3 rings (SSSR count). The summed E-state index contributed by atoms with van der Waals surface area (Å²) < 4.78 is 43.3. The SMILES string of the molecule is Oc1cc(OCc2ccc(Cl)cc2)ccc1-c1nc(C(F)(F)F)c[nH]1. The van der Waals surface area contributed by atoms with E-state index in [0.29, 0.717) is 10.8 Å². The minimum absolute atomic E-state index is 0.0749. The molecule has 0 saturated carbocycles. The number of phenols is 1. The zero-order valence-corrected chi connectivity index (χ0v) is 13.4. The monoisotopic (exact) mass is 368 g/mol. The van der Waals surface area contributed by atoms with Gasteiger partial charge in [0.2, 0.25) is 0 Å². The van der Waals surface area contributed by atoms with E-state index in [0.717, 1.165) is 11.8 Å². The molecule has 25 heavy (non-hydrogen) atoms. The molecule has 2 aromatic carbocycles. The van der Waals surface area contributed by atoms with Crippen LogP contribution >= 0.6 is 11.6 Å². The first-order chi connectivity index (χ1) is 11.8. The van der Waals surface area contributed by atoms with Gasteiger partial charge >= 0.3 is 6.18 Å². The van der Waals surface area contributed by atoms with E-state index in [4.69, 9.17) is 16.3 Å². The van der Waals surface area contributed by atoms with Crippen LogP contribution in [0.3, 0.4) is 0 Å². The van der Waals surface area contributed by atoms with Gasteiger partial charge in [0.15, 0.2) is 5.69 Å². The third-order valence-corrected chi connectivity index (χ3v) is 3.66. The number of nitrogens with one attached hydrogen (secondary N) is 1. The smallest absolute Gasteiger partial charge is 0.434 e. The number of aromatic amines is 1. The minimum atomic E-state index is -4.55. The molecule has 0 aliphatic rings. The first-order valence-corrected chi connectivity index (χ1v) is 7.54. The van der Waals surface area contributed by atoms with Crippen LogP contribution in [-0.2, 0) is 12.8 Å². The number of aromatic hydroxyl groups is 1. The van der Waals surface area contributed by atoms with E-state index in [1.165, 1.54) is 12.1 Å². The van der Waals surface area contributed by atoms with Gasteiger partial charge in [0, 0.05) is 17.3 Å². The van der Waals surface area contributed by atoms with Crippen LogP contribution in [0.5, 0.6) is 11.5 Å². The number of halogens is 4. The van der Waals surface area contributed by atoms with Crippen LogP contribution in [0.4, 0.5) is 13.2 Å². The Kier molecular flexibility index (Phi) is 4.59. The number of hydrogen-bond donors (Lipinski definition) is 2. The summed E-state index contributed by atoms with van der Waals surface area (Å²) in [5, 5.41) is 10.7. The molecular formula is C17H12ClF3N2O2. The van der Waals surface area contributed by atoms with Gasteiger partial charge in [-0.25, -0.2) is 4.98 Å². The number of phenolic OH excluding ortho intramolecular Hbond substituents is 1. The van der Waals surface area contributed by atoms with Crippen LogP contribution in [0.15, 0.2) is 48.7 Å². The van der Waals surface area contributed by atoms with E-state index in [9.17, 15) is 18.3 Å². The van der Waals surface area contributed by atoms with Crippen molar-refractivity contribution in [1.29, 1.82) is 0 Å². The first-order valence-electron chi connectivity index (χ1n) is 7.16. The highest BCUT2D eigenvalue weighted by Gasteiger charge is 2.34. The van der Waals surface area contributed by atoms with Gasteiger partial charge < -0.3 is 14.8 Å². The summed E-state index contributed by atoms with van der Waals surface area (Å²) in [5.41, 5.74) is -0.0203. The number of imidazole rings is 1. The predicted octanol–water partition coefficient (Wildman–Crippen LogP) is 5.03. The second kappa shape index (κ2) is 6.68. The molecule has 0 amide bonds. The van der Waals surface area contributed by atoms with Gasteiger partial charge in [-0.15, -0.1) is 0 Å². The Morgan fingerprint density at radius 2 is 1.84 bits per heavy atom. The van der Waals surface area contributed by atoms with Gasteiger partial charge in [-0.05, 0) is 29.8 Å². The highest BCUT2D eigenvalue weighted by molar-refractivity contribution is 6.30. The molecule has 0 spiro atoms. The molecule has 0 saturated heterocycles. The maximum absolute atomic E-state index is 12.6. The third-order valence-electron chi connectivity index (χ3n) is 3.41. The summed E-state index contributed by atoms with van der Waals surface area (Å²) in [6.45, 7) is 0.259. The van der Waals surface area contributed by atoms with Crippen LogP contribution in [0, 0.1) is 0 Å². The lowest BCUT2D eigenvalue weighted by atomic mass is 10.2.